The van der Waals surface area contributed by atoms with E-state index in [1.165, 1.54) is 10.4 Å². The molecule has 102 valence electrons. The Morgan fingerprint density at radius 1 is 1.56 bits per heavy atom. The van der Waals surface area contributed by atoms with E-state index in [0.29, 0.717) is 18.1 Å². The predicted octanol–water partition coefficient (Wildman–Crippen LogP) is 1.63. The van der Waals surface area contributed by atoms with Gasteiger partial charge >= 0.3 is 0 Å². The van der Waals surface area contributed by atoms with Gasteiger partial charge in [0.2, 0.25) is 10.0 Å². The van der Waals surface area contributed by atoms with Gasteiger partial charge in [0.05, 0.1) is 6.54 Å². The lowest BCUT2D eigenvalue weighted by atomic mass is 10.3. The van der Waals surface area contributed by atoms with Gasteiger partial charge in [-0.2, -0.15) is 0 Å². The van der Waals surface area contributed by atoms with Crippen LogP contribution in [0, 0.1) is 6.92 Å². The van der Waals surface area contributed by atoms with E-state index in [4.69, 9.17) is 10.2 Å². The van der Waals surface area contributed by atoms with Gasteiger partial charge in [0, 0.05) is 19.7 Å². The second-order valence-electron chi connectivity index (χ2n) is 4.09. The lowest BCUT2D eigenvalue weighted by molar-refractivity contribution is 0.454. The lowest BCUT2D eigenvalue weighted by Crippen LogP contribution is -2.28. The molecule has 0 unspecified atom stereocenters. The zero-order chi connectivity index (χ0) is 13.8. The maximum absolute atomic E-state index is 12.3. The number of furan rings is 1. The summed E-state index contributed by atoms with van der Waals surface area (Å²) in [5.74, 6) is 0.858. The number of rotatable bonds is 7. The van der Waals surface area contributed by atoms with Gasteiger partial charge in [-0.25, -0.2) is 12.7 Å². The standard InChI is InChI=1S/C12H20N2O3S/c1-4-5-6-7-14(3)18(15,16)12-8-11(9-13)17-10(12)2/h4,8H,1,5-7,9,13H2,2-3H3. The molecule has 0 aliphatic heterocycles. The van der Waals surface area contributed by atoms with Gasteiger partial charge < -0.3 is 10.2 Å². The van der Waals surface area contributed by atoms with Gasteiger partial charge in [-0.05, 0) is 19.8 Å². The molecule has 1 aromatic heterocycles. The van der Waals surface area contributed by atoms with Crippen LogP contribution in [0.25, 0.3) is 0 Å². The van der Waals surface area contributed by atoms with Crippen LogP contribution in [-0.4, -0.2) is 26.3 Å². The Morgan fingerprint density at radius 2 is 2.22 bits per heavy atom. The highest BCUT2D eigenvalue weighted by Crippen LogP contribution is 2.22. The van der Waals surface area contributed by atoms with E-state index in [1.807, 2.05) is 0 Å². The number of allylic oxidation sites excluding steroid dienone is 1. The molecule has 18 heavy (non-hydrogen) atoms. The van der Waals surface area contributed by atoms with Crippen LogP contribution in [0.5, 0.6) is 0 Å². The quantitative estimate of drug-likeness (QED) is 0.604. The fourth-order valence-corrected chi connectivity index (χ4v) is 3.02. The van der Waals surface area contributed by atoms with Crippen molar-refractivity contribution in [2.75, 3.05) is 13.6 Å². The third-order valence-electron chi connectivity index (χ3n) is 2.69. The Morgan fingerprint density at radius 3 is 2.72 bits per heavy atom. The molecule has 5 nitrogen and oxygen atoms in total. The molecular formula is C12H20N2O3S. The number of sulfonamides is 1. The summed E-state index contributed by atoms with van der Waals surface area (Å²) < 4.78 is 31.2. The van der Waals surface area contributed by atoms with E-state index in [2.05, 4.69) is 6.58 Å². The van der Waals surface area contributed by atoms with E-state index >= 15 is 0 Å². The van der Waals surface area contributed by atoms with Gasteiger partial charge in [0.25, 0.3) is 0 Å². The van der Waals surface area contributed by atoms with Gasteiger partial charge in [-0.3, -0.25) is 0 Å². The van der Waals surface area contributed by atoms with Crippen LogP contribution in [0.1, 0.15) is 24.4 Å². The lowest BCUT2D eigenvalue weighted by Gasteiger charge is -2.15. The van der Waals surface area contributed by atoms with E-state index in [-0.39, 0.29) is 11.4 Å². The SMILES string of the molecule is C=CCCCN(C)S(=O)(=O)c1cc(CN)oc1C. The summed E-state index contributed by atoms with van der Waals surface area (Å²) in [6, 6.07) is 1.49. The largest absolute Gasteiger partial charge is 0.464 e. The number of unbranched alkanes of at least 4 members (excludes halogenated alkanes) is 1. The van der Waals surface area contributed by atoms with Crippen LogP contribution in [-0.2, 0) is 16.6 Å². The van der Waals surface area contributed by atoms with Crippen molar-refractivity contribution in [1.29, 1.82) is 0 Å². The average molecular weight is 272 g/mol. The van der Waals surface area contributed by atoms with Gasteiger partial charge in [-0.1, -0.05) is 6.08 Å². The molecule has 0 aliphatic rings. The molecule has 0 saturated heterocycles. The first-order chi connectivity index (χ1) is 8.43. The van der Waals surface area contributed by atoms with Crippen molar-refractivity contribution in [3.63, 3.8) is 0 Å². The Kier molecular flexibility index (Phi) is 5.13. The minimum atomic E-state index is -3.49. The minimum absolute atomic E-state index is 0.191. The molecular weight excluding hydrogens is 252 g/mol. The van der Waals surface area contributed by atoms with Crippen LogP contribution >= 0.6 is 0 Å². The van der Waals surface area contributed by atoms with Crippen molar-refractivity contribution in [2.24, 2.45) is 5.73 Å². The topological polar surface area (TPSA) is 76.5 Å². The van der Waals surface area contributed by atoms with E-state index < -0.39 is 10.0 Å². The number of hydrogen-bond acceptors (Lipinski definition) is 4. The molecule has 1 heterocycles. The smallest absolute Gasteiger partial charge is 0.246 e. The molecule has 0 amide bonds. The molecule has 0 atom stereocenters. The average Bonchev–Trinajstić information content (AvgIpc) is 2.71. The fraction of sp³-hybridized carbons (Fsp3) is 0.500. The van der Waals surface area contributed by atoms with Crippen molar-refractivity contribution >= 4 is 10.0 Å². The van der Waals surface area contributed by atoms with Crippen molar-refractivity contribution in [2.45, 2.75) is 31.2 Å². The molecule has 0 spiro atoms. The highest BCUT2D eigenvalue weighted by molar-refractivity contribution is 7.89. The summed E-state index contributed by atoms with van der Waals surface area (Å²) in [5.41, 5.74) is 5.44. The van der Waals surface area contributed by atoms with Crippen LogP contribution in [0.3, 0.4) is 0 Å². The normalized spacial score (nSPS) is 12.0. The Bertz CT molecular complexity index is 505. The molecule has 0 aliphatic carbocycles. The molecule has 0 bridgehead atoms. The van der Waals surface area contributed by atoms with Gasteiger partial charge in [0.15, 0.2) is 0 Å². The molecule has 0 fully saturated rings. The van der Waals surface area contributed by atoms with E-state index in [9.17, 15) is 8.42 Å². The molecule has 6 heteroatoms. The highest BCUT2D eigenvalue weighted by atomic mass is 32.2. The third-order valence-corrected chi connectivity index (χ3v) is 4.66. The minimum Gasteiger partial charge on any atom is -0.464 e. The van der Waals surface area contributed by atoms with E-state index in [1.54, 1.807) is 20.0 Å². The van der Waals surface area contributed by atoms with Crippen molar-refractivity contribution in [3.8, 4) is 0 Å². The predicted molar refractivity (Wildman–Crippen MR) is 70.6 cm³/mol. The first-order valence-corrected chi connectivity index (χ1v) is 7.24. The zero-order valence-corrected chi connectivity index (χ0v) is 11.7. The summed E-state index contributed by atoms with van der Waals surface area (Å²) in [4.78, 5) is 0.198. The summed E-state index contributed by atoms with van der Waals surface area (Å²) in [6.45, 7) is 5.88. The van der Waals surface area contributed by atoms with Crippen molar-refractivity contribution < 1.29 is 12.8 Å². The number of hydrogen-bond donors (Lipinski definition) is 1. The first kappa shape index (κ1) is 14.9. The van der Waals surface area contributed by atoms with Crippen LogP contribution in [0.4, 0.5) is 0 Å². The van der Waals surface area contributed by atoms with Gasteiger partial charge in [-0.15, -0.1) is 6.58 Å². The van der Waals surface area contributed by atoms with Crippen molar-refractivity contribution in [1.82, 2.24) is 4.31 Å². The fourth-order valence-electron chi connectivity index (χ4n) is 1.63. The summed E-state index contributed by atoms with van der Waals surface area (Å²) in [6.07, 6.45) is 3.31. The second-order valence-corrected chi connectivity index (χ2v) is 6.11. The van der Waals surface area contributed by atoms with Crippen LogP contribution in [0.15, 0.2) is 28.0 Å². The maximum Gasteiger partial charge on any atom is 0.246 e. The Labute approximate surface area is 108 Å². The summed E-state index contributed by atoms with van der Waals surface area (Å²) in [7, 11) is -1.93. The number of nitrogens with two attached hydrogens (primary N) is 1. The molecule has 0 aromatic carbocycles. The number of aryl methyl sites for hydroxylation is 1. The van der Waals surface area contributed by atoms with Gasteiger partial charge in [0.1, 0.15) is 16.4 Å². The monoisotopic (exact) mass is 272 g/mol. The van der Waals surface area contributed by atoms with E-state index in [0.717, 1.165) is 12.8 Å². The third kappa shape index (κ3) is 3.22. The summed E-state index contributed by atoms with van der Waals surface area (Å²) >= 11 is 0. The molecule has 1 rings (SSSR count). The first-order valence-electron chi connectivity index (χ1n) is 5.80. The number of nitrogens with zero attached hydrogens (tertiary/aromatic N) is 1. The second kappa shape index (κ2) is 6.17. The van der Waals surface area contributed by atoms with Crippen molar-refractivity contribution in [3.05, 3.63) is 30.2 Å². The Hall–Kier alpha value is -1.11. The molecule has 2 N–H and O–H groups in total. The molecule has 0 saturated carbocycles. The maximum atomic E-state index is 12.3. The van der Waals surface area contributed by atoms with Crippen LogP contribution in [0.2, 0.25) is 0 Å². The Balaban J connectivity index is 2.90. The molecule has 0 radical (unpaired) electrons. The van der Waals surface area contributed by atoms with Crippen LogP contribution < -0.4 is 5.73 Å². The zero-order valence-electron chi connectivity index (χ0n) is 10.8. The summed E-state index contributed by atoms with van der Waals surface area (Å²) in [5, 5.41) is 0. The highest BCUT2D eigenvalue weighted by Gasteiger charge is 2.25. The molecule has 1 aromatic rings.